The number of para-hydroxylation sites is 2. The maximum atomic E-state index is 12.3. The number of carbonyl (C=O) groups excluding carboxylic acids is 1. The number of anilines is 3. The van der Waals surface area contributed by atoms with Crippen LogP contribution in [0, 0.1) is 0 Å². The lowest BCUT2D eigenvalue weighted by Crippen LogP contribution is -2.36. The molecule has 1 fully saturated rings. The first-order valence-corrected chi connectivity index (χ1v) is 8.99. The molecule has 3 rings (SSSR count). The molecule has 2 heterocycles. The highest BCUT2D eigenvalue weighted by atomic mass is 16.5. The molecule has 0 bridgehead atoms. The molecule has 0 spiro atoms. The van der Waals surface area contributed by atoms with E-state index in [-0.39, 0.29) is 11.9 Å². The molecular weight excluding hydrogens is 330 g/mol. The Balaban J connectivity index is 1.77. The van der Waals surface area contributed by atoms with Gasteiger partial charge in [-0.25, -0.2) is 9.97 Å². The lowest BCUT2D eigenvalue weighted by Gasteiger charge is -2.30. The summed E-state index contributed by atoms with van der Waals surface area (Å²) in [5.41, 5.74) is 2.40. The molecule has 1 aromatic heterocycles. The second kappa shape index (κ2) is 8.62. The number of morpholine rings is 1. The molecule has 2 aromatic rings. The number of benzene rings is 1. The van der Waals surface area contributed by atoms with Crippen LogP contribution in [0.4, 0.5) is 17.2 Å². The predicted octanol–water partition coefficient (Wildman–Crippen LogP) is 2.59. The fourth-order valence-electron chi connectivity index (χ4n) is 2.75. The lowest BCUT2D eigenvalue weighted by atomic mass is 10.2. The van der Waals surface area contributed by atoms with E-state index in [1.54, 1.807) is 6.07 Å². The molecule has 0 radical (unpaired) electrons. The van der Waals surface area contributed by atoms with Crippen molar-refractivity contribution in [3.05, 3.63) is 42.4 Å². The highest BCUT2D eigenvalue weighted by molar-refractivity contribution is 5.93. The number of hydrogen-bond donors (Lipinski definition) is 2. The van der Waals surface area contributed by atoms with Gasteiger partial charge in [0, 0.05) is 25.2 Å². The maximum Gasteiger partial charge on any atom is 0.270 e. The van der Waals surface area contributed by atoms with Gasteiger partial charge < -0.3 is 20.3 Å². The summed E-state index contributed by atoms with van der Waals surface area (Å²) in [6, 6.07) is 9.85. The van der Waals surface area contributed by atoms with Gasteiger partial charge in [-0.2, -0.15) is 0 Å². The second-order valence-electron chi connectivity index (χ2n) is 6.31. The van der Waals surface area contributed by atoms with Gasteiger partial charge in [0.15, 0.2) is 0 Å². The average molecular weight is 355 g/mol. The van der Waals surface area contributed by atoms with Crippen molar-refractivity contribution in [2.45, 2.75) is 26.3 Å². The predicted molar refractivity (Wildman–Crippen MR) is 102 cm³/mol. The van der Waals surface area contributed by atoms with Crippen molar-refractivity contribution in [2.75, 3.05) is 36.5 Å². The molecule has 2 N–H and O–H groups in total. The smallest absolute Gasteiger partial charge is 0.270 e. The van der Waals surface area contributed by atoms with E-state index in [1.165, 1.54) is 6.33 Å². The van der Waals surface area contributed by atoms with Gasteiger partial charge in [-0.05, 0) is 25.5 Å². The lowest BCUT2D eigenvalue weighted by molar-refractivity contribution is 0.0934. The van der Waals surface area contributed by atoms with Gasteiger partial charge in [-0.3, -0.25) is 4.79 Å². The molecule has 1 amide bonds. The fourth-order valence-corrected chi connectivity index (χ4v) is 2.75. The number of nitrogens with one attached hydrogen (secondary N) is 2. The van der Waals surface area contributed by atoms with E-state index < -0.39 is 0 Å². The van der Waals surface area contributed by atoms with Crippen LogP contribution in [-0.2, 0) is 4.74 Å². The number of ether oxygens (including phenoxy) is 1. The van der Waals surface area contributed by atoms with Gasteiger partial charge in [-0.15, -0.1) is 0 Å². The third-order valence-corrected chi connectivity index (χ3v) is 4.41. The van der Waals surface area contributed by atoms with Crippen molar-refractivity contribution < 1.29 is 9.53 Å². The van der Waals surface area contributed by atoms with Crippen LogP contribution in [0.3, 0.4) is 0 Å². The molecule has 1 unspecified atom stereocenters. The van der Waals surface area contributed by atoms with E-state index >= 15 is 0 Å². The third kappa shape index (κ3) is 4.49. The van der Waals surface area contributed by atoms with Crippen molar-refractivity contribution in [3.63, 3.8) is 0 Å². The number of rotatable bonds is 6. The molecule has 0 saturated carbocycles. The van der Waals surface area contributed by atoms with E-state index in [1.807, 2.05) is 32.0 Å². The first-order valence-electron chi connectivity index (χ1n) is 8.99. The van der Waals surface area contributed by atoms with Gasteiger partial charge in [-0.1, -0.05) is 19.1 Å². The maximum absolute atomic E-state index is 12.3. The van der Waals surface area contributed by atoms with Crippen molar-refractivity contribution in [2.24, 2.45) is 0 Å². The Morgan fingerprint density at radius 3 is 2.81 bits per heavy atom. The minimum absolute atomic E-state index is 0.107. The quantitative estimate of drug-likeness (QED) is 0.829. The molecule has 26 heavy (non-hydrogen) atoms. The molecule has 1 aliphatic heterocycles. The minimum Gasteiger partial charge on any atom is -0.378 e. The van der Waals surface area contributed by atoms with Gasteiger partial charge >= 0.3 is 0 Å². The van der Waals surface area contributed by atoms with Crippen LogP contribution in [0.1, 0.15) is 30.8 Å². The number of amides is 1. The Kier molecular flexibility index (Phi) is 6.01. The Morgan fingerprint density at radius 1 is 1.27 bits per heavy atom. The monoisotopic (exact) mass is 355 g/mol. The Labute approximate surface area is 153 Å². The molecule has 138 valence electrons. The number of aromatic nitrogens is 2. The van der Waals surface area contributed by atoms with E-state index in [0.29, 0.717) is 11.5 Å². The average Bonchev–Trinajstić information content (AvgIpc) is 2.69. The summed E-state index contributed by atoms with van der Waals surface area (Å²) in [6.07, 6.45) is 2.28. The Hall–Kier alpha value is -2.67. The van der Waals surface area contributed by atoms with E-state index in [9.17, 15) is 4.79 Å². The largest absolute Gasteiger partial charge is 0.378 e. The molecule has 1 atom stereocenters. The molecule has 0 aliphatic carbocycles. The van der Waals surface area contributed by atoms with Crippen molar-refractivity contribution in [3.8, 4) is 0 Å². The zero-order valence-electron chi connectivity index (χ0n) is 15.2. The molecule has 1 saturated heterocycles. The second-order valence-corrected chi connectivity index (χ2v) is 6.31. The van der Waals surface area contributed by atoms with Crippen LogP contribution < -0.4 is 15.5 Å². The minimum atomic E-state index is -0.189. The van der Waals surface area contributed by atoms with Crippen molar-refractivity contribution in [1.82, 2.24) is 15.3 Å². The van der Waals surface area contributed by atoms with Crippen LogP contribution in [0.2, 0.25) is 0 Å². The summed E-state index contributed by atoms with van der Waals surface area (Å²) in [4.78, 5) is 22.9. The van der Waals surface area contributed by atoms with Crippen molar-refractivity contribution >= 4 is 23.1 Å². The zero-order valence-corrected chi connectivity index (χ0v) is 15.2. The summed E-state index contributed by atoms with van der Waals surface area (Å²) < 4.78 is 5.44. The van der Waals surface area contributed by atoms with Gasteiger partial charge in [0.25, 0.3) is 5.91 Å². The van der Waals surface area contributed by atoms with Crippen LogP contribution in [-0.4, -0.2) is 48.2 Å². The third-order valence-electron chi connectivity index (χ3n) is 4.41. The van der Waals surface area contributed by atoms with Gasteiger partial charge in [0.2, 0.25) is 0 Å². The molecular formula is C19H25N5O2. The van der Waals surface area contributed by atoms with E-state index in [4.69, 9.17) is 4.74 Å². The summed E-state index contributed by atoms with van der Waals surface area (Å²) in [6.45, 7) is 7.15. The number of hydrogen-bond acceptors (Lipinski definition) is 6. The summed E-state index contributed by atoms with van der Waals surface area (Å²) in [7, 11) is 0. The molecule has 7 heteroatoms. The molecule has 7 nitrogen and oxygen atoms in total. The van der Waals surface area contributed by atoms with Crippen molar-refractivity contribution in [1.29, 1.82) is 0 Å². The normalized spacial score (nSPS) is 15.4. The van der Waals surface area contributed by atoms with Crippen LogP contribution >= 0.6 is 0 Å². The first kappa shape index (κ1) is 18.1. The molecule has 1 aliphatic rings. The van der Waals surface area contributed by atoms with E-state index in [0.717, 1.165) is 44.1 Å². The number of nitrogens with zero attached hydrogens (tertiary/aromatic N) is 3. The summed E-state index contributed by atoms with van der Waals surface area (Å²) in [5, 5.41) is 6.24. The Bertz CT molecular complexity index is 746. The van der Waals surface area contributed by atoms with Gasteiger partial charge in [0.1, 0.15) is 17.8 Å². The fraction of sp³-hybridized carbons (Fsp3) is 0.421. The zero-order chi connectivity index (χ0) is 18.4. The summed E-state index contributed by atoms with van der Waals surface area (Å²) >= 11 is 0. The molecule has 1 aromatic carbocycles. The van der Waals surface area contributed by atoms with Gasteiger partial charge in [0.05, 0.1) is 24.6 Å². The van der Waals surface area contributed by atoms with E-state index in [2.05, 4.69) is 31.6 Å². The first-order chi connectivity index (χ1) is 12.7. The summed E-state index contributed by atoms with van der Waals surface area (Å²) in [5.74, 6) is 0.404. The number of carbonyl (C=O) groups is 1. The van der Waals surface area contributed by atoms with Crippen LogP contribution in [0.15, 0.2) is 36.7 Å². The highest BCUT2D eigenvalue weighted by Crippen LogP contribution is 2.28. The van der Waals surface area contributed by atoms with Crippen LogP contribution in [0.5, 0.6) is 0 Å². The SMILES string of the molecule is CCC(C)NC(=O)c1cc(Nc2ccccc2N2CCOCC2)ncn1. The van der Waals surface area contributed by atoms with Crippen LogP contribution in [0.25, 0.3) is 0 Å². The standard InChI is InChI=1S/C19H25N5O2/c1-3-14(2)22-19(25)16-12-18(21-13-20-16)23-15-6-4-5-7-17(15)24-8-10-26-11-9-24/h4-7,12-14H,3,8-11H2,1-2H3,(H,22,25)(H,20,21,23). The Morgan fingerprint density at radius 2 is 2.04 bits per heavy atom. The topological polar surface area (TPSA) is 79.4 Å². The highest BCUT2D eigenvalue weighted by Gasteiger charge is 2.16.